The van der Waals surface area contributed by atoms with E-state index in [0.717, 1.165) is 43.5 Å². The van der Waals surface area contributed by atoms with Crippen molar-refractivity contribution in [2.45, 2.75) is 44.2 Å². The van der Waals surface area contributed by atoms with Crippen LogP contribution in [0.2, 0.25) is 0 Å². The molecule has 29 heavy (non-hydrogen) atoms. The maximum absolute atomic E-state index is 13.3. The van der Waals surface area contributed by atoms with E-state index in [9.17, 15) is 18.0 Å². The molecule has 0 aliphatic carbocycles. The minimum atomic E-state index is -4.32. The average Bonchev–Trinajstić information content (AvgIpc) is 2.93. The second kappa shape index (κ2) is 7.89. The molecule has 0 radical (unpaired) electrons. The van der Waals surface area contributed by atoms with Crippen molar-refractivity contribution in [3.8, 4) is 0 Å². The van der Waals surface area contributed by atoms with Crippen molar-refractivity contribution in [3.05, 3.63) is 35.4 Å². The lowest BCUT2D eigenvalue weighted by atomic mass is 9.73. The van der Waals surface area contributed by atoms with Gasteiger partial charge in [-0.3, -0.25) is 9.69 Å². The molecule has 3 saturated heterocycles. The molecule has 1 spiro atoms. The summed E-state index contributed by atoms with van der Waals surface area (Å²) >= 11 is 0. The van der Waals surface area contributed by atoms with Gasteiger partial charge in [-0.25, -0.2) is 0 Å². The van der Waals surface area contributed by atoms with E-state index in [2.05, 4.69) is 4.90 Å². The van der Waals surface area contributed by atoms with E-state index < -0.39 is 17.2 Å². The van der Waals surface area contributed by atoms with Crippen LogP contribution in [0.3, 0.4) is 0 Å². The Balaban J connectivity index is 1.43. The van der Waals surface area contributed by atoms with Gasteiger partial charge >= 0.3 is 6.18 Å². The predicted molar refractivity (Wildman–Crippen MR) is 100 cm³/mol. The lowest BCUT2D eigenvalue weighted by molar-refractivity contribution is -0.153. The number of carbonyl (C=O) groups is 1. The first-order valence-corrected chi connectivity index (χ1v) is 10.1. The van der Waals surface area contributed by atoms with Crippen LogP contribution in [0.5, 0.6) is 0 Å². The second-order valence-electron chi connectivity index (χ2n) is 8.38. The molecular formula is C21H27F3N2O3. The van der Waals surface area contributed by atoms with Crippen molar-refractivity contribution in [2.24, 2.45) is 5.41 Å². The lowest BCUT2D eigenvalue weighted by Crippen LogP contribution is -2.55. The fourth-order valence-electron chi connectivity index (χ4n) is 5.07. The molecule has 3 aliphatic rings. The highest BCUT2D eigenvalue weighted by atomic mass is 19.4. The number of fused-ring (bicyclic) bond motifs is 3. The molecule has 1 amide bonds. The summed E-state index contributed by atoms with van der Waals surface area (Å²) in [6, 6.07) is 5.33. The summed E-state index contributed by atoms with van der Waals surface area (Å²) in [5.74, 6) is 0.171. The van der Waals surface area contributed by atoms with Crippen molar-refractivity contribution < 1.29 is 27.4 Å². The van der Waals surface area contributed by atoms with E-state index in [0.29, 0.717) is 32.8 Å². The van der Waals surface area contributed by atoms with Gasteiger partial charge in [0.05, 0.1) is 29.8 Å². The third kappa shape index (κ3) is 4.02. The summed E-state index contributed by atoms with van der Waals surface area (Å²) in [5, 5.41) is 0. The Morgan fingerprint density at radius 2 is 2.00 bits per heavy atom. The molecule has 3 aliphatic heterocycles. The molecular weight excluding hydrogens is 385 g/mol. The summed E-state index contributed by atoms with van der Waals surface area (Å²) in [4.78, 5) is 17.4. The van der Waals surface area contributed by atoms with Gasteiger partial charge in [0.25, 0.3) is 0 Å². The Kier molecular flexibility index (Phi) is 5.61. The van der Waals surface area contributed by atoms with Crippen LogP contribution in [0.1, 0.15) is 30.4 Å². The Hall–Kier alpha value is -1.64. The molecule has 0 saturated carbocycles. The molecule has 3 atom stereocenters. The van der Waals surface area contributed by atoms with Gasteiger partial charge in [0.2, 0.25) is 5.91 Å². The second-order valence-corrected chi connectivity index (χ2v) is 8.38. The van der Waals surface area contributed by atoms with Crippen LogP contribution in [-0.4, -0.2) is 67.8 Å². The number of benzene rings is 1. The van der Waals surface area contributed by atoms with Gasteiger partial charge in [0.1, 0.15) is 0 Å². The zero-order valence-electron chi connectivity index (χ0n) is 16.6. The van der Waals surface area contributed by atoms with Crippen LogP contribution in [-0.2, 0) is 27.0 Å². The number of carbonyl (C=O) groups excluding carboxylic acids is 1. The topological polar surface area (TPSA) is 42.0 Å². The van der Waals surface area contributed by atoms with Crippen LogP contribution in [0, 0.1) is 5.41 Å². The summed E-state index contributed by atoms with van der Waals surface area (Å²) in [6.45, 7) is 3.77. The molecule has 0 aromatic heterocycles. The normalized spacial score (nSPS) is 30.3. The number of rotatable bonds is 5. The molecule has 3 fully saturated rings. The van der Waals surface area contributed by atoms with E-state index in [4.69, 9.17) is 9.47 Å². The number of hydrogen-bond donors (Lipinski definition) is 0. The molecule has 1 aromatic rings. The monoisotopic (exact) mass is 412 g/mol. The third-order valence-electron chi connectivity index (χ3n) is 6.47. The van der Waals surface area contributed by atoms with Gasteiger partial charge in [-0.1, -0.05) is 12.1 Å². The summed E-state index contributed by atoms with van der Waals surface area (Å²) in [6.07, 6.45) is -1.96. The molecule has 1 aromatic carbocycles. The van der Waals surface area contributed by atoms with Crippen molar-refractivity contribution in [1.29, 1.82) is 0 Å². The highest BCUT2D eigenvalue weighted by Gasteiger charge is 2.58. The molecule has 3 unspecified atom stereocenters. The highest BCUT2D eigenvalue weighted by Crippen LogP contribution is 2.48. The van der Waals surface area contributed by atoms with E-state index in [1.807, 2.05) is 4.90 Å². The Bertz CT molecular complexity index is 740. The van der Waals surface area contributed by atoms with Crippen LogP contribution in [0.15, 0.2) is 24.3 Å². The molecule has 2 bridgehead atoms. The average molecular weight is 412 g/mol. The Morgan fingerprint density at radius 3 is 2.69 bits per heavy atom. The van der Waals surface area contributed by atoms with Gasteiger partial charge in [-0.05, 0) is 37.0 Å². The van der Waals surface area contributed by atoms with Gasteiger partial charge < -0.3 is 14.4 Å². The van der Waals surface area contributed by atoms with Gasteiger partial charge in [0.15, 0.2) is 0 Å². The number of ether oxygens (including phenoxy) is 2. The molecule has 4 rings (SSSR count). The minimum absolute atomic E-state index is 0.00507. The Labute approximate surface area is 168 Å². The minimum Gasteiger partial charge on any atom is -0.383 e. The molecule has 160 valence electrons. The number of halogens is 3. The lowest BCUT2D eigenvalue weighted by Gasteiger charge is -2.42. The van der Waals surface area contributed by atoms with Crippen molar-refractivity contribution in [1.82, 2.24) is 9.80 Å². The van der Waals surface area contributed by atoms with Crippen LogP contribution >= 0.6 is 0 Å². The van der Waals surface area contributed by atoms with Gasteiger partial charge in [0, 0.05) is 39.8 Å². The van der Waals surface area contributed by atoms with E-state index >= 15 is 0 Å². The van der Waals surface area contributed by atoms with E-state index in [-0.39, 0.29) is 18.1 Å². The SMILES string of the molecule is COCCN1CCCC2(CC3CN(Cc4ccc(C(F)(F)F)cc4)CC2O3)C1=O. The number of hydrogen-bond acceptors (Lipinski definition) is 4. The van der Waals surface area contributed by atoms with Crippen LogP contribution in [0.25, 0.3) is 0 Å². The number of nitrogens with zero attached hydrogens (tertiary/aromatic N) is 2. The molecule has 3 heterocycles. The fourth-order valence-corrected chi connectivity index (χ4v) is 5.07. The molecule has 0 N–H and O–H groups in total. The zero-order valence-corrected chi connectivity index (χ0v) is 16.6. The van der Waals surface area contributed by atoms with Gasteiger partial charge in [-0.15, -0.1) is 0 Å². The third-order valence-corrected chi connectivity index (χ3v) is 6.47. The molecule has 5 nitrogen and oxygen atoms in total. The maximum atomic E-state index is 13.3. The number of morpholine rings is 1. The first kappa shape index (κ1) is 20.6. The number of alkyl halides is 3. The number of methoxy groups -OCH3 is 1. The number of likely N-dealkylation sites (tertiary alicyclic amines) is 2. The van der Waals surface area contributed by atoms with E-state index in [1.165, 1.54) is 12.1 Å². The standard InChI is InChI=1S/C21H27F3N2O3/c1-28-10-9-26-8-2-7-20(19(26)27)11-17-13-25(14-18(20)29-17)12-15-3-5-16(6-4-15)21(22,23)24/h3-6,17-18H,2,7-14H2,1H3. The van der Waals surface area contributed by atoms with Crippen molar-refractivity contribution in [2.75, 3.05) is 39.9 Å². The van der Waals surface area contributed by atoms with Crippen molar-refractivity contribution in [3.63, 3.8) is 0 Å². The molecule has 8 heteroatoms. The van der Waals surface area contributed by atoms with Crippen LogP contribution in [0.4, 0.5) is 13.2 Å². The quantitative estimate of drug-likeness (QED) is 0.746. The first-order valence-electron chi connectivity index (χ1n) is 10.1. The van der Waals surface area contributed by atoms with Crippen LogP contribution < -0.4 is 0 Å². The first-order chi connectivity index (χ1) is 13.8. The summed E-state index contributed by atoms with van der Waals surface area (Å²) < 4.78 is 49.6. The summed E-state index contributed by atoms with van der Waals surface area (Å²) in [5.41, 5.74) is -0.262. The fraction of sp³-hybridized carbons (Fsp3) is 0.667. The van der Waals surface area contributed by atoms with E-state index in [1.54, 1.807) is 7.11 Å². The van der Waals surface area contributed by atoms with Crippen molar-refractivity contribution >= 4 is 5.91 Å². The van der Waals surface area contributed by atoms with Gasteiger partial charge in [-0.2, -0.15) is 13.2 Å². The predicted octanol–water partition coefficient (Wildman–Crippen LogP) is 2.93. The number of amides is 1. The smallest absolute Gasteiger partial charge is 0.383 e. The highest BCUT2D eigenvalue weighted by molar-refractivity contribution is 5.84. The maximum Gasteiger partial charge on any atom is 0.416 e. The number of piperidine rings is 1. The Morgan fingerprint density at radius 1 is 1.24 bits per heavy atom. The largest absolute Gasteiger partial charge is 0.416 e. The zero-order chi connectivity index (χ0) is 20.6. The summed E-state index contributed by atoms with van der Waals surface area (Å²) in [7, 11) is 1.63.